The van der Waals surface area contributed by atoms with Gasteiger partial charge in [-0.2, -0.15) is 0 Å². The first kappa shape index (κ1) is 9.31. The Morgan fingerprint density at radius 2 is 2.38 bits per heavy atom. The maximum atomic E-state index is 10.7. The SMILES string of the molecule is CC(=O)Cc1cc([N+](=O)[O-])ccn1. The lowest BCUT2D eigenvalue weighted by atomic mass is 10.2. The van der Waals surface area contributed by atoms with Crippen LogP contribution < -0.4 is 0 Å². The van der Waals surface area contributed by atoms with Gasteiger partial charge in [0.1, 0.15) is 5.78 Å². The van der Waals surface area contributed by atoms with Crippen molar-refractivity contribution in [3.05, 3.63) is 34.1 Å². The molecule has 0 bridgehead atoms. The number of hydrogen-bond donors (Lipinski definition) is 0. The van der Waals surface area contributed by atoms with E-state index in [4.69, 9.17) is 0 Å². The molecule has 0 radical (unpaired) electrons. The lowest BCUT2D eigenvalue weighted by Gasteiger charge is -1.95. The predicted molar refractivity (Wildman–Crippen MR) is 45.3 cm³/mol. The largest absolute Gasteiger partial charge is 0.300 e. The Morgan fingerprint density at radius 1 is 1.69 bits per heavy atom. The first-order valence-corrected chi connectivity index (χ1v) is 3.68. The van der Waals surface area contributed by atoms with Crippen LogP contribution in [0.5, 0.6) is 0 Å². The van der Waals surface area contributed by atoms with Crippen molar-refractivity contribution in [2.24, 2.45) is 0 Å². The molecule has 0 unspecified atom stereocenters. The number of ketones is 1. The number of carbonyl (C=O) groups excluding carboxylic acids is 1. The molecule has 1 rings (SSSR count). The van der Waals surface area contributed by atoms with Crippen LogP contribution in [0, 0.1) is 10.1 Å². The van der Waals surface area contributed by atoms with Crippen molar-refractivity contribution in [2.75, 3.05) is 0 Å². The van der Waals surface area contributed by atoms with Crippen LogP contribution in [0.3, 0.4) is 0 Å². The molecule has 0 saturated heterocycles. The summed E-state index contributed by atoms with van der Waals surface area (Å²) in [4.78, 5) is 24.3. The molecule has 0 fully saturated rings. The third kappa shape index (κ3) is 2.62. The molecule has 5 heteroatoms. The summed E-state index contributed by atoms with van der Waals surface area (Å²) < 4.78 is 0. The van der Waals surface area contributed by atoms with Gasteiger partial charge < -0.3 is 0 Å². The number of pyridine rings is 1. The van der Waals surface area contributed by atoms with Crippen LogP contribution in [0.25, 0.3) is 0 Å². The van der Waals surface area contributed by atoms with E-state index < -0.39 is 4.92 Å². The zero-order valence-electron chi connectivity index (χ0n) is 7.06. The highest BCUT2D eigenvalue weighted by Crippen LogP contribution is 2.10. The second-order valence-electron chi connectivity index (χ2n) is 2.64. The highest BCUT2D eigenvalue weighted by Gasteiger charge is 2.07. The Balaban J connectivity index is 2.91. The quantitative estimate of drug-likeness (QED) is 0.516. The zero-order valence-corrected chi connectivity index (χ0v) is 7.06. The van der Waals surface area contributed by atoms with E-state index in [0.29, 0.717) is 5.69 Å². The minimum absolute atomic E-state index is 0.0359. The summed E-state index contributed by atoms with van der Waals surface area (Å²) in [6.45, 7) is 1.42. The fraction of sp³-hybridized carbons (Fsp3) is 0.250. The fourth-order valence-corrected chi connectivity index (χ4v) is 0.931. The lowest BCUT2D eigenvalue weighted by Crippen LogP contribution is -1.99. The van der Waals surface area contributed by atoms with Crippen LogP contribution in [0.2, 0.25) is 0 Å². The minimum Gasteiger partial charge on any atom is -0.300 e. The monoisotopic (exact) mass is 180 g/mol. The molecule has 0 amide bonds. The van der Waals surface area contributed by atoms with Crippen molar-refractivity contribution in [3.63, 3.8) is 0 Å². The van der Waals surface area contributed by atoms with Crippen molar-refractivity contribution in [1.29, 1.82) is 0 Å². The van der Waals surface area contributed by atoms with Gasteiger partial charge in [0.25, 0.3) is 5.69 Å². The van der Waals surface area contributed by atoms with E-state index >= 15 is 0 Å². The number of hydrogen-bond acceptors (Lipinski definition) is 4. The normalized spacial score (nSPS) is 9.62. The van der Waals surface area contributed by atoms with E-state index in [9.17, 15) is 14.9 Å². The number of aromatic nitrogens is 1. The molecule has 0 aromatic carbocycles. The Labute approximate surface area is 74.6 Å². The van der Waals surface area contributed by atoms with Gasteiger partial charge in [0, 0.05) is 24.8 Å². The second-order valence-corrected chi connectivity index (χ2v) is 2.64. The third-order valence-corrected chi connectivity index (χ3v) is 1.44. The van der Waals surface area contributed by atoms with Gasteiger partial charge in [0.05, 0.1) is 10.6 Å². The number of nitro groups is 1. The molecule has 1 heterocycles. The molecule has 0 aliphatic carbocycles. The van der Waals surface area contributed by atoms with E-state index in [2.05, 4.69) is 4.98 Å². The van der Waals surface area contributed by atoms with E-state index in [1.54, 1.807) is 0 Å². The number of nitrogens with zero attached hydrogens (tertiary/aromatic N) is 2. The molecule has 0 N–H and O–H groups in total. The third-order valence-electron chi connectivity index (χ3n) is 1.44. The van der Waals surface area contributed by atoms with E-state index in [0.717, 1.165) is 0 Å². The molecule has 0 aliphatic rings. The van der Waals surface area contributed by atoms with Gasteiger partial charge in [-0.15, -0.1) is 0 Å². The predicted octanol–water partition coefficient (Wildman–Crippen LogP) is 1.12. The van der Waals surface area contributed by atoms with E-state index in [-0.39, 0.29) is 17.9 Å². The summed E-state index contributed by atoms with van der Waals surface area (Å²) in [5.74, 6) is -0.0620. The van der Waals surface area contributed by atoms with Crippen LogP contribution in [0.15, 0.2) is 18.3 Å². The zero-order chi connectivity index (χ0) is 9.84. The number of rotatable bonds is 3. The van der Waals surface area contributed by atoms with Crippen LogP contribution in [-0.4, -0.2) is 15.7 Å². The van der Waals surface area contributed by atoms with Crippen molar-refractivity contribution in [1.82, 2.24) is 4.98 Å². The highest BCUT2D eigenvalue weighted by molar-refractivity contribution is 5.77. The van der Waals surface area contributed by atoms with Crippen molar-refractivity contribution in [2.45, 2.75) is 13.3 Å². The van der Waals surface area contributed by atoms with Crippen molar-refractivity contribution < 1.29 is 9.72 Å². The summed E-state index contributed by atoms with van der Waals surface area (Å²) in [5.41, 5.74) is 0.396. The fourth-order valence-electron chi connectivity index (χ4n) is 0.931. The Kier molecular flexibility index (Phi) is 2.69. The topological polar surface area (TPSA) is 73.1 Å². The van der Waals surface area contributed by atoms with Gasteiger partial charge in [0.2, 0.25) is 0 Å². The Bertz CT molecular complexity index is 349. The summed E-state index contributed by atoms with van der Waals surface area (Å²) >= 11 is 0. The van der Waals surface area contributed by atoms with Gasteiger partial charge in [-0.1, -0.05) is 0 Å². The van der Waals surface area contributed by atoms with Gasteiger partial charge in [-0.25, -0.2) is 0 Å². The van der Waals surface area contributed by atoms with E-state index in [1.165, 1.54) is 25.3 Å². The average molecular weight is 180 g/mol. The number of carbonyl (C=O) groups is 1. The molecular formula is C8H8N2O3. The average Bonchev–Trinajstić information content (AvgIpc) is 2.03. The van der Waals surface area contributed by atoms with Gasteiger partial charge in [0.15, 0.2) is 0 Å². The van der Waals surface area contributed by atoms with Crippen molar-refractivity contribution >= 4 is 11.5 Å². The van der Waals surface area contributed by atoms with Gasteiger partial charge in [-0.3, -0.25) is 19.9 Å². The van der Waals surface area contributed by atoms with Crippen LogP contribution in [0.4, 0.5) is 5.69 Å². The molecule has 0 aliphatic heterocycles. The van der Waals surface area contributed by atoms with Crippen LogP contribution in [-0.2, 0) is 11.2 Å². The van der Waals surface area contributed by atoms with Crippen LogP contribution in [0.1, 0.15) is 12.6 Å². The van der Waals surface area contributed by atoms with Crippen molar-refractivity contribution in [3.8, 4) is 0 Å². The van der Waals surface area contributed by atoms with Crippen LogP contribution >= 0.6 is 0 Å². The number of Topliss-reactive ketones (excluding diaryl/α,β-unsaturated/α-hetero) is 1. The first-order chi connectivity index (χ1) is 6.09. The molecule has 13 heavy (non-hydrogen) atoms. The van der Waals surface area contributed by atoms with Gasteiger partial charge >= 0.3 is 0 Å². The van der Waals surface area contributed by atoms with Gasteiger partial charge in [-0.05, 0) is 6.92 Å². The molecule has 1 aromatic heterocycles. The molecule has 5 nitrogen and oxygen atoms in total. The summed E-state index contributed by atoms with van der Waals surface area (Å²) in [6.07, 6.45) is 1.47. The maximum absolute atomic E-state index is 10.7. The molecule has 0 spiro atoms. The summed E-state index contributed by atoms with van der Waals surface area (Å²) in [7, 11) is 0. The summed E-state index contributed by atoms with van der Waals surface area (Å²) in [5, 5.41) is 10.3. The first-order valence-electron chi connectivity index (χ1n) is 3.68. The molecule has 0 saturated carbocycles. The second kappa shape index (κ2) is 3.75. The van der Waals surface area contributed by atoms with E-state index in [1.807, 2.05) is 0 Å². The Hall–Kier alpha value is -1.78. The molecule has 68 valence electrons. The molecule has 0 atom stereocenters. The lowest BCUT2D eigenvalue weighted by molar-refractivity contribution is -0.385. The molecule has 1 aromatic rings. The molecular weight excluding hydrogens is 172 g/mol. The minimum atomic E-state index is -0.509. The Morgan fingerprint density at radius 3 is 2.92 bits per heavy atom. The maximum Gasteiger partial charge on any atom is 0.272 e. The summed E-state index contributed by atoms with van der Waals surface area (Å²) in [6, 6.07) is 2.60. The smallest absolute Gasteiger partial charge is 0.272 e. The standard InChI is InChI=1S/C8H8N2O3/c1-6(11)4-7-5-8(10(12)13)2-3-9-7/h2-3,5H,4H2,1H3. The highest BCUT2D eigenvalue weighted by atomic mass is 16.6.